The second-order valence-electron chi connectivity index (χ2n) is 4.66. The van der Waals surface area contributed by atoms with Gasteiger partial charge in [-0.3, -0.25) is 0 Å². The van der Waals surface area contributed by atoms with Gasteiger partial charge in [0.05, 0.1) is 5.25 Å². The third-order valence-corrected chi connectivity index (χ3v) is 4.53. The lowest BCUT2D eigenvalue weighted by Crippen LogP contribution is -2.08. The zero-order valence-electron chi connectivity index (χ0n) is 10.9. The minimum atomic E-state index is 0.281. The van der Waals surface area contributed by atoms with E-state index in [0.29, 0.717) is 0 Å². The molecular weight excluding hydrogens is 258 g/mol. The number of aromatic nitrogens is 2. The largest absolute Gasteiger partial charge is 0.424 e. The molecule has 1 N–H and O–H groups in total. The number of hydrogen-bond donors (Lipinski definition) is 1. The van der Waals surface area contributed by atoms with E-state index in [2.05, 4.69) is 39.8 Å². The molecule has 0 fully saturated rings. The SMILES string of the molecule is CNCCCc1nnc(C2Cc3ccccc3S2)o1. The van der Waals surface area contributed by atoms with Gasteiger partial charge in [-0.05, 0) is 38.1 Å². The highest BCUT2D eigenvalue weighted by atomic mass is 32.2. The van der Waals surface area contributed by atoms with Gasteiger partial charge in [0.25, 0.3) is 0 Å². The molecule has 0 amide bonds. The normalized spacial score (nSPS) is 17.6. The molecule has 2 heterocycles. The van der Waals surface area contributed by atoms with Crippen molar-refractivity contribution in [2.45, 2.75) is 29.4 Å². The van der Waals surface area contributed by atoms with Gasteiger partial charge in [-0.2, -0.15) is 0 Å². The maximum atomic E-state index is 5.77. The Morgan fingerprint density at radius 2 is 2.26 bits per heavy atom. The van der Waals surface area contributed by atoms with Gasteiger partial charge in [-0.25, -0.2) is 0 Å². The summed E-state index contributed by atoms with van der Waals surface area (Å²) >= 11 is 1.82. The van der Waals surface area contributed by atoms with E-state index in [1.807, 2.05) is 18.8 Å². The number of nitrogens with zero attached hydrogens (tertiary/aromatic N) is 2. The summed E-state index contributed by atoms with van der Waals surface area (Å²) in [7, 11) is 1.95. The molecule has 3 rings (SSSR count). The monoisotopic (exact) mass is 275 g/mol. The van der Waals surface area contributed by atoms with Gasteiger partial charge in [0.2, 0.25) is 11.8 Å². The molecule has 1 atom stereocenters. The fraction of sp³-hybridized carbons (Fsp3) is 0.429. The first-order valence-electron chi connectivity index (χ1n) is 6.58. The highest BCUT2D eigenvalue weighted by Gasteiger charge is 2.27. The predicted molar refractivity (Wildman–Crippen MR) is 75.3 cm³/mol. The summed E-state index contributed by atoms with van der Waals surface area (Å²) in [5, 5.41) is 11.7. The van der Waals surface area contributed by atoms with Crippen LogP contribution in [-0.2, 0) is 12.8 Å². The van der Waals surface area contributed by atoms with Gasteiger partial charge < -0.3 is 9.73 Å². The second-order valence-corrected chi connectivity index (χ2v) is 5.90. The summed E-state index contributed by atoms with van der Waals surface area (Å²) in [6.07, 6.45) is 2.85. The Morgan fingerprint density at radius 1 is 1.37 bits per heavy atom. The molecule has 0 radical (unpaired) electrons. The van der Waals surface area contributed by atoms with Gasteiger partial charge >= 0.3 is 0 Å². The van der Waals surface area contributed by atoms with E-state index in [1.165, 1.54) is 10.5 Å². The van der Waals surface area contributed by atoms with Gasteiger partial charge in [0.15, 0.2) is 0 Å². The van der Waals surface area contributed by atoms with Crippen LogP contribution in [0.15, 0.2) is 33.6 Å². The van der Waals surface area contributed by atoms with Gasteiger partial charge in [0.1, 0.15) is 0 Å². The molecule has 0 spiro atoms. The molecule has 0 saturated carbocycles. The van der Waals surface area contributed by atoms with E-state index in [1.54, 1.807) is 0 Å². The number of rotatable bonds is 5. The Morgan fingerprint density at radius 3 is 3.11 bits per heavy atom. The van der Waals surface area contributed by atoms with E-state index in [0.717, 1.165) is 37.6 Å². The smallest absolute Gasteiger partial charge is 0.230 e. The summed E-state index contributed by atoms with van der Waals surface area (Å²) in [5.41, 5.74) is 1.38. The summed E-state index contributed by atoms with van der Waals surface area (Å²) in [6, 6.07) is 8.49. The average molecular weight is 275 g/mol. The second kappa shape index (κ2) is 5.75. The van der Waals surface area contributed by atoms with E-state index < -0.39 is 0 Å². The molecule has 1 unspecified atom stereocenters. The van der Waals surface area contributed by atoms with Crippen LogP contribution in [0.4, 0.5) is 0 Å². The Kier molecular flexibility index (Phi) is 3.84. The number of benzene rings is 1. The minimum Gasteiger partial charge on any atom is -0.424 e. The molecule has 0 aliphatic carbocycles. The third kappa shape index (κ3) is 2.82. The Bertz CT molecular complexity index is 530. The summed E-state index contributed by atoms with van der Waals surface area (Å²) in [4.78, 5) is 1.34. The van der Waals surface area contributed by atoms with E-state index >= 15 is 0 Å². The number of thioether (sulfide) groups is 1. The lowest BCUT2D eigenvalue weighted by Gasteiger charge is -2.00. The molecule has 19 heavy (non-hydrogen) atoms. The fourth-order valence-corrected chi connectivity index (χ4v) is 3.46. The Hall–Kier alpha value is -1.33. The van der Waals surface area contributed by atoms with Crippen LogP contribution in [0.3, 0.4) is 0 Å². The summed E-state index contributed by atoms with van der Waals surface area (Å²) in [6.45, 7) is 0.974. The lowest BCUT2D eigenvalue weighted by atomic mass is 10.1. The van der Waals surface area contributed by atoms with Crippen LogP contribution in [0.1, 0.15) is 29.0 Å². The minimum absolute atomic E-state index is 0.281. The molecule has 2 aromatic rings. The first-order valence-corrected chi connectivity index (χ1v) is 7.46. The van der Waals surface area contributed by atoms with E-state index in [9.17, 15) is 0 Å². The predicted octanol–water partition coefficient (Wildman–Crippen LogP) is 2.61. The van der Waals surface area contributed by atoms with Crippen molar-refractivity contribution in [1.82, 2.24) is 15.5 Å². The van der Waals surface area contributed by atoms with Crippen molar-refractivity contribution >= 4 is 11.8 Å². The maximum Gasteiger partial charge on any atom is 0.230 e. The summed E-state index contributed by atoms with van der Waals surface area (Å²) in [5.74, 6) is 1.52. The molecule has 4 nitrogen and oxygen atoms in total. The van der Waals surface area contributed by atoms with Crippen molar-refractivity contribution in [3.63, 3.8) is 0 Å². The third-order valence-electron chi connectivity index (χ3n) is 3.22. The number of aryl methyl sites for hydroxylation is 1. The van der Waals surface area contributed by atoms with Crippen molar-refractivity contribution in [3.05, 3.63) is 41.6 Å². The highest BCUT2D eigenvalue weighted by Crippen LogP contribution is 2.45. The molecular formula is C14H17N3OS. The van der Waals surface area contributed by atoms with Gasteiger partial charge in [-0.15, -0.1) is 22.0 Å². The van der Waals surface area contributed by atoms with Crippen LogP contribution >= 0.6 is 11.8 Å². The zero-order chi connectivity index (χ0) is 13.1. The molecule has 1 aliphatic rings. The first kappa shape index (κ1) is 12.7. The van der Waals surface area contributed by atoms with Crippen molar-refractivity contribution < 1.29 is 4.42 Å². The van der Waals surface area contributed by atoms with Crippen LogP contribution in [0, 0.1) is 0 Å². The topological polar surface area (TPSA) is 51.0 Å². The zero-order valence-corrected chi connectivity index (χ0v) is 11.7. The first-order chi connectivity index (χ1) is 9.36. The summed E-state index contributed by atoms with van der Waals surface area (Å²) < 4.78 is 5.77. The number of hydrogen-bond acceptors (Lipinski definition) is 5. The average Bonchev–Trinajstić information content (AvgIpc) is 3.04. The molecule has 0 bridgehead atoms. The standard InChI is InChI=1S/C14H17N3OS/c1-15-8-4-7-13-16-17-14(18-13)12-9-10-5-2-3-6-11(10)19-12/h2-3,5-6,12,15H,4,7-9H2,1H3. The van der Waals surface area contributed by atoms with Crippen molar-refractivity contribution in [2.75, 3.05) is 13.6 Å². The van der Waals surface area contributed by atoms with Crippen LogP contribution < -0.4 is 5.32 Å². The van der Waals surface area contributed by atoms with E-state index in [-0.39, 0.29) is 5.25 Å². The number of fused-ring (bicyclic) bond motifs is 1. The Balaban J connectivity index is 1.65. The highest BCUT2D eigenvalue weighted by molar-refractivity contribution is 7.99. The Labute approximate surface area is 117 Å². The molecule has 1 aromatic carbocycles. The van der Waals surface area contributed by atoms with Crippen molar-refractivity contribution in [3.8, 4) is 0 Å². The van der Waals surface area contributed by atoms with Crippen molar-refractivity contribution in [2.24, 2.45) is 0 Å². The number of nitrogens with one attached hydrogen (secondary N) is 1. The van der Waals surface area contributed by atoms with Crippen LogP contribution in [0.25, 0.3) is 0 Å². The van der Waals surface area contributed by atoms with Gasteiger partial charge in [0, 0.05) is 11.3 Å². The van der Waals surface area contributed by atoms with Crippen molar-refractivity contribution in [1.29, 1.82) is 0 Å². The molecule has 1 aliphatic heterocycles. The molecule has 0 saturated heterocycles. The van der Waals surface area contributed by atoms with E-state index in [4.69, 9.17) is 4.42 Å². The fourth-order valence-electron chi connectivity index (χ4n) is 2.23. The maximum absolute atomic E-state index is 5.77. The molecule has 1 aromatic heterocycles. The molecule has 100 valence electrons. The van der Waals surface area contributed by atoms with Crippen LogP contribution in [-0.4, -0.2) is 23.8 Å². The lowest BCUT2D eigenvalue weighted by molar-refractivity contribution is 0.441. The van der Waals surface area contributed by atoms with Gasteiger partial charge in [-0.1, -0.05) is 18.2 Å². The van der Waals surface area contributed by atoms with Crippen LogP contribution in [0.5, 0.6) is 0 Å². The quantitative estimate of drug-likeness (QED) is 0.850. The molecule has 5 heteroatoms. The van der Waals surface area contributed by atoms with Crippen LogP contribution in [0.2, 0.25) is 0 Å².